The lowest BCUT2D eigenvalue weighted by Gasteiger charge is -2.63. The first-order valence-electron chi connectivity index (χ1n) is 13.3. The van der Waals surface area contributed by atoms with Crippen molar-refractivity contribution in [3.63, 3.8) is 0 Å². The van der Waals surface area contributed by atoms with Crippen LogP contribution >= 0.6 is 11.8 Å². The number of alkyl halides is 2. The first-order chi connectivity index (χ1) is 17.8. The van der Waals surface area contributed by atoms with E-state index in [0.29, 0.717) is 6.42 Å². The smallest absolute Gasteiger partial charge is 0.319 e. The van der Waals surface area contributed by atoms with Crippen LogP contribution < -0.4 is 0 Å². The van der Waals surface area contributed by atoms with Gasteiger partial charge in [0.1, 0.15) is 11.4 Å². The lowest BCUT2D eigenvalue weighted by Crippen LogP contribution is -2.70. The fourth-order valence-corrected chi connectivity index (χ4v) is 9.56. The van der Waals surface area contributed by atoms with E-state index < -0.39 is 80.2 Å². The number of aliphatic hydroxyl groups excluding tert-OH is 1. The van der Waals surface area contributed by atoms with Gasteiger partial charge in [-0.2, -0.15) is 0 Å². The van der Waals surface area contributed by atoms with Gasteiger partial charge in [0, 0.05) is 35.5 Å². The second-order valence-electron chi connectivity index (χ2n) is 11.9. The maximum absolute atomic E-state index is 17.4. The minimum absolute atomic E-state index is 0.00469. The topological polar surface area (TPSA) is 107 Å². The highest BCUT2D eigenvalue weighted by Crippen LogP contribution is 2.72. The summed E-state index contributed by atoms with van der Waals surface area (Å²) in [6, 6.07) is 0. The van der Waals surface area contributed by atoms with Crippen molar-refractivity contribution in [3.8, 4) is 0 Å². The van der Waals surface area contributed by atoms with Crippen molar-refractivity contribution in [1.29, 1.82) is 0 Å². The highest BCUT2D eigenvalue weighted by Gasteiger charge is 2.78. The van der Waals surface area contributed by atoms with Gasteiger partial charge in [-0.3, -0.25) is 19.2 Å². The number of carbonyl (C=O) groups excluding carboxylic acids is 4. The third kappa shape index (κ3) is 3.41. The van der Waals surface area contributed by atoms with Crippen molar-refractivity contribution in [3.05, 3.63) is 23.8 Å². The Morgan fingerprint density at radius 2 is 1.95 bits per heavy atom. The molecule has 1 heterocycles. The minimum Gasteiger partial charge on any atom is -0.465 e. The lowest BCUT2D eigenvalue weighted by atomic mass is 9.44. The first-order valence-corrected chi connectivity index (χ1v) is 14.2. The Hall–Kier alpha value is -2.07. The molecular formula is C28H34F2O7S. The molecule has 0 bridgehead atoms. The number of allylic oxidation sites excluding steroid dienone is 4. The summed E-state index contributed by atoms with van der Waals surface area (Å²) in [5.74, 6) is -3.76. The van der Waals surface area contributed by atoms with Crippen LogP contribution in [0.1, 0.15) is 59.8 Å². The molecule has 38 heavy (non-hydrogen) atoms. The van der Waals surface area contributed by atoms with Gasteiger partial charge in [-0.1, -0.05) is 38.6 Å². The van der Waals surface area contributed by atoms with Crippen LogP contribution in [0.3, 0.4) is 0 Å². The molecule has 0 amide bonds. The van der Waals surface area contributed by atoms with E-state index in [1.165, 1.54) is 19.1 Å². The summed E-state index contributed by atoms with van der Waals surface area (Å²) in [6.45, 7) is 6.78. The Bertz CT molecular complexity index is 1150. The van der Waals surface area contributed by atoms with Crippen LogP contribution in [0.15, 0.2) is 23.8 Å². The van der Waals surface area contributed by atoms with Gasteiger partial charge >= 0.3 is 11.9 Å². The summed E-state index contributed by atoms with van der Waals surface area (Å²) >= 11 is 0.772. The van der Waals surface area contributed by atoms with Crippen molar-refractivity contribution in [2.24, 2.45) is 28.6 Å². The molecule has 0 aromatic rings. The molecule has 1 aliphatic heterocycles. The third-order valence-electron chi connectivity index (χ3n) is 10.2. The zero-order valence-corrected chi connectivity index (χ0v) is 22.8. The van der Waals surface area contributed by atoms with Crippen LogP contribution in [-0.4, -0.2) is 63.3 Å². The monoisotopic (exact) mass is 552 g/mol. The lowest BCUT2D eigenvalue weighted by molar-refractivity contribution is -0.228. The Morgan fingerprint density at radius 1 is 1.24 bits per heavy atom. The van der Waals surface area contributed by atoms with Crippen molar-refractivity contribution in [2.75, 3.05) is 6.61 Å². The number of hydrogen-bond acceptors (Lipinski definition) is 8. The average Bonchev–Trinajstić information content (AvgIpc) is 3.35. The number of carbonyl (C=O) groups is 4. The molecule has 10 atom stereocenters. The zero-order chi connectivity index (χ0) is 27.8. The number of ether oxygens (including phenoxy) is 2. The van der Waals surface area contributed by atoms with E-state index in [2.05, 4.69) is 0 Å². The van der Waals surface area contributed by atoms with Crippen molar-refractivity contribution < 1.29 is 42.5 Å². The van der Waals surface area contributed by atoms with Gasteiger partial charge in [0.2, 0.25) is 5.12 Å². The molecule has 5 aliphatic rings. The van der Waals surface area contributed by atoms with Crippen molar-refractivity contribution in [1.82, 2.24) is 0 Å². The van der Waals surface area contributed by atoms with Gasteiger partial charge in [0.15, 0.2) is 17.1 Å². The normalized spacial score (nSPS) is 47.5. The van der Waals surface area contributed by atoms with E-state index in [0.717, 1.165) is 17.8 Å². The molecule has 7 nitrogen and oxygen atoms in total. The van der Waals surface area contributed by atoms with E-state index in [1.54, 1.807) is 20.8 Å². The number of fused-ring (bicyclic) bond motifs is 5. The number of aliphatic hydroxyl groups is 1. The van der Waals surface area contributed by atoms with E-state index in [9.17, 15) is 24.3 Å². The highest BCUT2D eigenvalue weighted by molar-refractivity contribution is 8.14. The molecule has 1 saturated heterocycles. The molecule has 3 saturated carbocycles. The fourth-order valence-electron chi connectivity index (χ4n) is 8.27. The molecule has 0 spiro atoms. The Labute approximate surface area is 224 Å². The maximum atomic E-state index is 17.4. The molecule has 0 aromatic heterocycles. The van der Waals surface area contributed by atoms with E-state index >= 15 is 8.78 Å². The standard InChI is InChI=1S/C28H34F2O7S/c1-5-22(33)37-28(24(35)38-20-7-9-36-23(20)34)14(2)10-16-17-12-19(29)18-11-15(31)6-8-25(18,3)27(17,30)21(32)13-26(16,28)4/h6,8,11,14,16-17,19-21,32H,5,7,9-10,12-13H2,1-4H3/t14-,16+,17+,19+,20?,21?,25+,26+,27+,28+/m1/s1. The summed E-state index contributed by atoms with van der Waals surface area (Å²) in [5.41, 5.74) is -6.81. The van der Waals surface area contributed by atoms with Gasteiger partial charge in [0.05, 0.1) is 12.7 Å². The number of esters is 2. The third-order valence-corrected chi connectivity index (χ3v) is 11.4. The number of cyclic esters (lactones) is 1. The van der Waals surface area contributed by atoms with Crippen LogP contribution in [0.25, 0.3) is 0 Å². The molecular weight excluding hydrogens is 518 g/mol. The second-order valence-corrected chi connectivity index (χ2v) is 13.1. The largest absolute Gasteiger partial charge is 0.465 e. The number of halogens is 2. The van der Waals surface area contributed by atoms with Gasteiger partial charge in [-0.15, -0.1) is 0 Å². The second kappa shape index (κ2) is 8.98. The SMILES string of the molecule is CCC(=O)O[C@]1(C(=O)SC2CCOC2=O)[C@H](C)C[C@H]2[C@@H]3C[C@H](F)C4=CC(=O)C=C[C@]4(C)[C@@]3(F)C(O)C[C@@]21C. The van der Waals surface area contributed by atoms with Crippen LogP contribution in [0.5, 0.6) is 0 Å². The predicted molar refractivity (Wildman–Crippen MR) is 134 cm³/mol. The van der Waals surface area contributed by atoms with E-state index in [-0.39, 0.29) is 37.9 Å². The Morgan fingerprint density at radius 3 is 2.58 bits per heavy atom. The van der Waals surface area contributed by atoms with Gasteiger partial charge < -0.3 is 14.6 Å². The summed E-state index contributed by atoms with van der Waals surface area (Å²) in [7, 11) is 0. The van der Waals surface area contributed by atoms with E-state index in [1.807, 2.05) is 0 Å². The summed E-state index contributed by atoms with van der Waals surface area (Å²) in [6.07, 6.45) is 0.586. The summed E-state index contributed by atoms with van der Waals surface area (Å²) in [4.78, 5) is 51.1. The number of ketones is 1. The molecule has 208 valence electrons. The van der Waals surface area contributed by atoms with Crippen molar-refractivity contribution in [2.45, 2.75) is 88.6 Å². The van der Waals surface area contributed by atoms with E-state index in [4.69, 9.17) is 9.47 Å². The summed E-state index contributed by atoms with van der Waals surface area (Å²) in [5, 5.41) is 10.3. The predicted octanol–water partition coefficient (Wildman–Crippen LogP) is 3.82. The molecule has 1 N–H and O–H groups in total. The average molecular weight is 553 g/mol. The number of hydrogen-bond donors (Lipinski definition) is 1. The number of thioether (sulfide) groups is 1. The fraction of sp³-hybridized carbons (Fsp3) is 0.714. The Kier molecular flexibility index (Phi) is 6.50. The Balaban J connectivity index is 1.61. The molecule has 4 aliphatic carbocycles. The van der Waals surface area contributed by atoms with Crippen LogP contribution in [0, 0.1) is 28.6 Å². The maximum Gasteiger partial charge on any atom is 0.319 e. The molecule has 10 heteroatoms. The van der Waals surface area contributed by atoms with Gasteiger partial charge in [-0.25, -0.2) is 8.78 Å². The van der Waals surface area contributed by atoms with Crippen LogP contribution in [0.2, 0.25) is 0 Å². The van der Waals surface area contributed by atoms with Crippen LogP contribution in [0.4, 0.5) is 8.78 Å². The van der Waals surface area contributed by atoms with Gasteiger partial charge in [0.25, 0.3) is 0 Å². The zero-order valence-electron chi connectivity index (χ0n) is 22.0. The highest BCUT2D eigenvalue weighted by atomic mass is 32.2. The van der Waals surface area contributed by atoms with Gasteiger partial charge in [-0.05, 0) is 49.8 Å². The molecule has 4 fully saturated rings. The molecule has 0 aromatic carbocycles. The van der Waals surface area contributed by atoms with Crippen molar-refractivity contribution >= 4 is 34.6 Å². The molecule has 2 unspecified atom stereocenters. The van der Waals surface area contributed by atoms with Crippen LogP contribution in [-0.2, 0) is 28.7 Å². The molecule has 0 radical (unpaired) electrons. The first kappa shape index (κ1) is 27.5. The quantitative estimate of drug-likeness (QED) is 0.525. The number of rotatable bonds is 4. The minimum atomic E-state index is -2.31. The summed E-state index contributed by atoms with van der Waals surface area (Å²) < 4.78 is 44.2. The molecule has 5 rings (SSSR count).